The van der Waals surface area contributed by atoms with E-state index >= 15 is 0 Å². The molecule has 1 amide bonds. The van der Waals surface area contributed by atoms with Crippen molar-refractivity contribution in [2.75, 3.05) is 14.7 Å². The maximum Gasteiger partial charge on any atom is 0.419 e. The minimum atomic E-state index is -0.690. The van der Waals surface area contributed by atoms with Crippen LogP contribution in [-0.4, -0.2) is 11.7 Å². The minimum absolute atomic E-state index is 0.477. The molecule has 0 bridgehead atoms. The van der Waals surface area contributed by atoms with E-state index in [0.29, 0.717) is 22.9 Å². The maximum atomic E-state index is 13.9. The molecular weight excluding hydrogens is 582 g/mol. The van der Waals surface area contributed by atoms with E-state index in [0.717, 1.165) is 34.1 Å². The molecule has 0 saturated heterocycles. The molecule has 1 aliphatic heterocycles. The number of rotatable bonds is 6. The number of fused-ring (bicyclic) bond motifs is 2. The molecule has 6 nitrogen and oxygen atoms in total. The van der Waals surface area contributed by atoms with E-state index in [1.54, 1.807) is 4.90 Å². The Morgan fingerprint density at radius 1 is 0.511 bits per heavy atom. The van der Waals surface area contributed by atoms with Gasteiger partial charge in [-0.3, -0.25) is 0 Å². The van der Waals surface area contributed by atoms with Crippen LogP contribution in [0.3, 0.4) is 0 Å². The van der Waals surface area contributed by atoms with E-state index in [-0.39, 0.29) is 0 Å². The highest BCUT2D eigenvalue weighted by Gasteiger charge is 2.34. The van der Waals surface area contributed by atoms with Gasteiger partial charge in [-0.1, -0.05) is 72.8 Å². The van der Waals surface area contributed by atoms with Crippen LogP contribution in [0.1, 0.15) is 20.8 Å². The van der Waals surface area contributed by atoms with E-state index in [1.807, 2.05) is 130 Å². The maximum absolute atomic E-state index is 13.9. The quantitative estimate of drug-likeness (QED) is 0.186. The third-order valence-electron chi connectivity index (χ3n) is 7.74. The first-order chi connectivity index (χ1) is 22.9. The largest absolute Gasteiger partial charge is 0.453 e. The molecule has 7 rings (SSSR count). The van der Waals surface area contributed by atoms with Crippen LogP contribution >= 0.6 is 0 Å². The van der Waals surface area contributed by atoms with Crippen molar-refractivity contribution in [2.24, 2.45) is 0 Å². The predicted octanol–water partition coefficient (Wildman–Crippen LogP) is 11.8. The van der Waals surface area contributed by atoms with Crippen molar-refractivity contribution in [2.45, 2.75) is 26.4 Å². The van der Waals surface area contributed by atoms with Gasteiger partial charge in [0.2, 0.25) is 0 Å². The highest BCUT2D eigenvalue weighted by molar-refractivity contribution is 6.02. The monoisotopic (exact) mass is 617 g/mol. The fraction of sp³-hybridized carbons (Fsp3) is 0.0976. The van der Waals surface area contributed by atoms with Crippen LogP contribution in [0.4, 0.5) is 50.3 Å². The van der Waals surface area contributed by atoms with Gasteiger partial charge >= 0.3 is 6.09 Å². The third kappa shape index (κ3) is 6.14. The molecule has 6 aromatic rings. The summed E-state index contributed by atoms with van der Waals surface area (Å²) in [6.45, 7) is 5.61. The lowest BCUT2D eigenvalue weighted by atomic mass is 10.1. The molecule has 232 valence electrons. The fourth-order valence-electron chi connectivity index (χ4n) is 5.77. The number of carbonyl (C=O) groups is 1. The predicted molar refractivity (Wildman–Crippen MR) is 191 cm³/mol. The number of benzene rings is 6. The molecule has 6 heteroatoms. The molecule has 0 aromatic heterocycles. The molecule has 0 radical (unpaired) electrons. The van der Waals surface area contributed by atoms with Crippen molar-refractivity contribution in [1.29, 1.82) is 0 Å². The van der Waals surface area contributed by atoms with Crippen molar-refractivity contribution in [1.82, 2.24) is 0 Å². The van der Waals surface area contributed by atoms with Gasteiger partial charge < -0.3 is 19.3 Å². The first-order valence-corrected chi connectivity index (χ1v) is 15.7. The zero-order valence-corrected chi connectivity index (χ0v) is 26.6. The second-order valence-electron chi connectivity index (χ2n) is 12.2. The van der Waals surface area contributed by atoms with E-state index in [2.05, 4.69) is 58.3 Å². The van der Waals surface area contributed by atoms with Crippen LogP contribution in [0.15, 0.2) is 158 Å². The van der Waals surface area contributed by atoms with Gasteiger partial charge in [0.05, 0.1) is 11.4 Å². The molecule has 0 aliphatic carbocycles. The number of anilines is 8. The first-order valence-electron chi connectivity index (χ1n) is 15.7. The van der Waals surface area contributed by atoms with Crippen molar-refractivity contribution >= 4 is 51.6 Å². The normalized spacial score (nSPS) is 11.9. The summed E-state index contributed by atoms with van der Waals surface area (Å²) in [4.78, 5) is 19.8. The van der Waals surface area contributed by atoms with Gasteiger partial charge in [0.25, 0.3) is 0 Å². The Morgan fingerprint density at radius 3 is 1.17 bits per heavy atom. The summed E-state index contributed by atoms with van der Waals surface area (Å²) in [7, 11) is 0. The summed E-state index contributed by atoms with van der Waals surface area (Å²) in [5.74, 6) is 1.08. The van der Waals surface area contributed by atoms with Crippen LogP contribution in [0.5, 0.6) is 11.5 Å². The topological polar surface area (TPSA) is 45.3 Å². The SMILES string of the molecule is CC(C)(C)OC(=O)N1c2ccc(N(c3ccccc3)c3ccccc3)cc2Oc2cc(N(c3ccccc3)c3ccccc3)ccc21. The minimum Gasteiger partial charge on any atom is -0.453 e. The lowest BCUT2D eigenvalue weighted by molar-refractivity contribution is 0.0596. The molecule has 47 heavy (non-hydrogen) atoms. The van der Waals surface area contributed by atoms with Crippen molar-refractivity contribution < 1.29 is 14.3 Å². The smallest absolute Gasteiger partial charge is 0.419 e. The van der Waals surface area contributed by atoms with E-state index in [9.17, 15) is 4.79 Å². The van der Waals surface area contributed by atoms with Crippen LogP contribution in [0.25, 0.3) is 0 Å². The lowest BCUT2D eigenvalue weighted by Crippen LogP contribution is -2.35. The van der Waals surface area contributed by atoms with Crippen molar-refractivity contribution in [3.63, 3.8) is 0 Å². The van der Waals surface area contributed by atoms with Crippen LogP contribution < -0.4 is 19.4 Å². The van der Waals surface area contributed by atoms with Crippen LogP contribution in [-0.2, 0) is 4.74 Å². The zero-order valence-electron chi connectivity index (χ0n) is 26.6. The summed E-state index contributed by atoms with van der Waals surface area (Å²) in [5, 5.41) is 0. The number of hydrogen-bond acceptors (Lipinski definition) is 5. The highest BCUT2D eigenvalue weighted by Crippen LogP contribution is 2.51. The molecule has 0 atom stereocenters. The molecular formula is C41H35N3O3. The Labute approximate surface area is 275 Å². The second kappa shape index (κ2) is 12.4. The fourth-order valence-corrected chi connectivity index (χ4v) is 5.77. The van der Waals surface area contributed by atoms with Gasteiger partial charge in [0.1, 0.15) is 5.60 Å². The summed E-state index contributed by atoms with van der Waals surface area (Å²) in [6, 6.07) is 52.6. The Balaban J connectivity index is 1.37. The number of amides is 1. The molecule has 6 aromatic carbocycles. The highest BCUT2D eigenvalue weighted by atomic mass is 16.6. The van der Waals surface area contributed by atoms with Crippen molar-refractivity contribution in [3.8, 4) is 11.5 Å². The van der Waals surface area contributed by atoms with Crippen LogP contribution in [0, 0.1) is 0 Å². The number of hydrogen-bond donors (Lipinski definition) is 0. The van der Waals surface area contributed by atoms with Crippen molar-refractivity contribution in [3.05, 3.63) is 158 Å². The van der Waals surface area contributed by atoms with Gasteiger partial charge in [-0.2, -0.15) is 0 Å². The average Bonchev–Trinajstić information content (AvgIpc) is 3.08. The number of para-hydroxylation sites is 4. The van der Waals surface area contributed by atoms with E-state index < -0.39 is 11.7 Å². The number of nitrogens with zero attached hydrogens (tertiary/aromatic N) is 3. The van der Waals surface area contributed by atoms with Gasteiger partial charge in [0, 0.05) is 46.3 Å². The molecule has 0 spiro atoms. The first kappa shape index (κ1) is 29.7. The Bertz CT molecular complexity index is 1780. The number of carbonyl (C=O) groups excluding carboxylic acids is 1. The molecule has 1 aliphatic rings. The Kier molecular flexibility index (Phi) is 7.84. The van der Waals surface area contributed by atoms with E-state index in [4.69, 9.17) is 9.47 Å². The third-order valence-corrected chi connectivity index (χ3v) is 7.74. The number of ether oxygens (including phenoxy) is 2. The van der Waals surface area contributed by atoms with Gasteiger partial charge in [-0.05, 0) is 93.6 Å². The molecule has 0 saturated carbocycles. The average molecular weight is 618 g/mol. The molecule has 0 unspecified atom stereocenters. The molecule has 1 heterocycles. The Morgan fingerprint density at radius 2 is 0.851 bits per heavy atom. The summed E-state index contributed by atoms with van der Waals surface area (Å²) in [6.07, 6.45) is -0.477. The summed E-state index contributed by atoms with van der Waals surface area (Å²) < 4.78 is 12.6. The summed E-state index contributed by atoms with van der Waals surface area (Å²) in [5.41, 5.74) is 6.31. The van der Waals surface area contributed by atoms with Gasteiger partial charge in [0.15, 0.2) is 11.5 Å². The van der Waals surface area contributed by atoms with Crippen LogP contribution in [0.2, 0.25) is 0 Å². The van der Waals surface area contributed by atoms with E-state index in [1.165, 1.54) is 0 Å². The van der Waals surface area contributed by atoms with Gasteiger partial charge in [-0.25, -0.2) is 9.69 Å². The molecule has 0 fully saturated rings. The van der Waals surface area contributed by atoms with Gasteiger partial charge in [-0.15, -0.1) is 0 Å². The Hall–Kier alpha value is -6.01. The molecule has 0 N–H and O–H groups in total. The summed E-state index contributed by atoms with van der Waals surface area (Å²) >= 11 is 0. The zero-order chi connectivity index (χ0) is 32.4. The lowest BCUT2D eigenvalue weighted by Gasteiger charge is -2.35. The second-order valence-corrected chi connectivity index (χ2v) is 12.2. The standard InChI is InChI=1S/C41H35N3O3/c1-41(2,3)47-40(45)44-36-26-24-34(42(30-16-8-4-9-17-30)31-18-10-5-11-19-31)28-38(36)46-39-29-35(25-27-37(39)44)43(32-20-12-6-13-21-32)33-22-14-7-15-23-33/h4-29H,1-3H3.